The molecule has 2 aliphatic heterocycles. The van der Waals surface area contributed by atoms with Crippen LogP contribution in [0.2, 0.25) is 25.7 Å². The van der Waals surface area contributed by atoms with Gasteiger partial charge in [0.1, 0.15) is 12.8 Å². The predicted octanol–water partition coefficient (Wildman–Crippen LogP) is 3.62. The number of hydrogen-bond acceptors (Lipinski definition) is 4. The van der Waals surface area contributed by atoms with Crippen molar-refractivity contribution in [2.24, 2.45) is 0 Å². The minimum atomic E-state index is -1.25. The lowest BCUT2D eigenvalue weighted by Crippen LogP contribution is -2.56. The molecule has 0 radical (unpaired) electrons. The number of carbonyl (C=O) groups is 3. The molecule has 4 rings (SSSR count). The Labute approximate surface area is 185 Å². The zero-order valence-electron chi connectivity index (χ0n) is 18.8. The van der Waals surface area contributed by atoms with E-state index in [1.54, 1.807) is 4.90 Å². The molecule has 1 aliphatic carbocycles. The van der Waals surface area contributed by atoms with E-state index in [0.29, 0.717) is 13.0 Å². The van der Waals surface area contributed by atoms with Gasteiger partial charge in [-0.05, 0) is 48.9 Å². The number of fused-ring (bicyclic) bond motifs is 2. The molecule has 1 atom stereocenters. The standard InChI is InChI=1S/C24H32N2O4Si/c1-5-6-17-7-8-19-18(15-17)24(11-12-24)23(29)26(19)20-9-10-21(27)25(22(20)28)16-30-13-14-31(2,3)4/h5,7-8,15,20H,1,6,9-14,16H2,2-4H3. The molecule has 6 nitrogen and oxygen atoms in total. The maximum Gasteiger partial charge on any atom is 0.254 e. The number of ether oxygens (including phenoxy) is 1. The van der Waals surface area contributed by atoms with Gasteiger partial charge < -0.3 is 4.74 Å². The van der Waals surface area contributed by atoms with Crippen LogP contribution in [-0.2, 0) is 31.0 Å². The number of benzene rings is 1. The second-order valence-electron chi connectivity index (χ2n) is 10.2. The van der Waals surface area contributed by atoms with Crippen LogP contribution in [0, 0.1) is 0 Å². The lowest BCUT2D eigenvalue weighted by Gasteiger charge is -2.35. The molecule has 0 bridgehead atoms. The summed E-state index contributed by atoms with van der Waals surface area (Å²) in [5, 5.41) is 0. The van der Waals surface area contributed by atoms with Crippen LogP contribution in [0.1, 0.15) is 36.8 Å². The number of allylic oxidation sites excluding steroid dienone is 1. The average molecular weight is 441 g/mol. The highest BCUT2D eigenvalue weighted by Gasteiger charge is 2.61. The summed E-state index contributed by atoms with van der Waals surface area (Å²) in [5.74, 6) is -0.537. The molecule has 2 heterocycles. The van der Waals surface area contributed by atoms with Crippen LogP contribution >= 0.6 is 0 Å². The van der Waals surface area contributed by atoms with Gasteiger partial charge in [-0.15, -0.1) is 6.58 Å². The Balaban J connectivity index is 1.54. The highest BCUT2D eigenvalue weighted by molar-refractivity contribution is 6.76. The third-order valence-corrected chi connectivity index (χ3v) is 8.31. The fourth-order valence-electron chi connectivity index (χ4n) is 4.57. The van der Waals surface area contributed by atoms with Crippen LogP contribution in [0.5, 0.6) is 0 Å². The van der Waals surface area contributed by atoms with Gasteiger partial charge in [0.25, 0.3) is 5.91 Å². The third kappa shape index (κ3) is 4.01. The number of carbonyl (C=O) groups excluding carboxylic acids is 3. The summed E-state index contributed by atoms with van der Waals surface area (Å²) in [5.41, 5.74) is 2.49. The number of likely N-dealkylation sites (tertiary alicyclic amines) is 1. The fourth-order valence-corrected chi connectivity index (χ4v) is 5.33. The second kappa shape index (κ2) is 8.02. The topological polar surface area (TPSA) is 66.9 Å². The first kappa shape index (κ1) is 22.0. The quantitative estimate of drug-likeness (QED) is 0.268. The lowest BCUT2D eigenvalue weighted by atomic mass is 9.95. The van der Waals surface area contributed by atoms with Crippen molar-refractivity contribution in [1.82, 2.24) is 4.90 Å². The van der Waals surface area contributed by atoms with E-state index in [1.807, 2.05) is 18.2 Å². The number of nitrogens with zero attached hydrogens (tertiary/aromatic N) is 2. The van der Waals surface area contributed by atoms with Crippen LogP contribution < -0.4 is 4.90 Å². The minimum Gasteiger partial charge on any atom is -0.361 e. The van der Waals surface area contributed by atoms with Gasteiger partial charge in [-0.3, -0.25) is 24.2 Å². The van der Waals surface area contributed by atoms with Gasteiger partial charge in [0, 0.05) is 26.8 Å². The Bertz CT molecular complexity index is 932. The van der Waals surface area contributed by atoms with Gasteiger partial charge in [0.2, 0.25) is 11.8 Å². The lowest BCUT2D eigenvalue weighted by molar-refractivity contribution is -0.156. The van der Waals surface area contributed by atoms with Gasteiger partial charge >= 0.3 is 0 Å². The van der Waals surface area contributed by atoms with E-state index >= 15 is 0 Å². The number of piperidine rings is 1. The van der Waals surface area contributed by atoms with Crippen LogP contribution in [0.25, 0.3) is 0 Å². The summed E-state index contributed by atoms with van der Waals surface area (Å²) in [6, 6.07) is 6.38. The third-order valence-electron chi connectivity index (χ3n) is 6.61. The molecule has 2 fully saturated rings. The van der Waals surface area contributed by atoms with E-state index in [9.17, 15) is 14.4 Å². The Morgan fingerprint density at radius 1 is 1.23 bits per heavy atom. The van der Waals surface area contributed by atoms with E-state index < -0.39 is 19.5 Å². The molecule has 1 aromatic rings. The molecule has 1 spiro atoms. The first-order valence-electron chi connectivity index (χ1n) is 11.2. The molecular formula is C24H32N2O4Si. The molecule has 3 amide bonds. The molecule has 1 unspecified atom stereocenters. The van der Waals surface area contributed by atoms with Crippen molar-refractivity contribution in [3.63, 3.8) is 0 Å². The first-order chi connectivity index (χ1) is 14.7. The number of rotatable bonds is 8. The van der Waals surface area contributed by atoms with Crippen LogP contribution in [0.4, 0.5) is 5.69 Å². The van der Waals surface area contributed by atoms with Crippen LogP contribution in [-0.4, -0.2) is 50.1 Å². The Hall–Kier alpha value is -2.25. The van der Waals surface area contributed by atoms with Gasteiger partial charge in [-0.2, -0.15) is 0 Å². The van der Waals surface area contributed by atoms with Crippen molar-refractivity contribution < 1.29 is 19.1 Å². The maximum atomic E-state index is 13.4. The van der Waals surface area contributed by atoms with Crippen LogP contribution in [0.3, 0.4) is 0 Å². The van der Waals surface area contributed by atoms with E-state index in [4.69, 9.17) is 4.74 Å². The molecule has 1 saturated carbocycles. The monoisotopic (exact) mass is 440 g/mol. The Kier molecular flexibility index (Phi) is 5.68. The number of anilines is 1. The molecule has 7 heteroatoms. The molecule has 31 heavy (non-hydrogen) atoms. The SMILES string of the molecule is C=CCc1ccc2c(c1)C1(CC1)C(=O)N2C1CCC(=O)N(COCC[Si](C)(C)C)C1=O. The van der Waals surface area contributed by atoms with E-state index in [2.05, 4.69) is 32.3 Å². The molecule has 3 aliphatic rings. The highest BCUT2D eigenvalue weighted by Crippen LogP contribution is 2.58. The summed E-state index contributed by atoms with van der Waals surface area (Å²) < 4.78 is 5.70. The van der Waals surface area contributed by atoms with Crippen molar-refractivity contribution >= 4 is 31.5 Å². The summed E-state index contributed by atoms with van der Waals surface area (Å²) >= 11 is 0. The summed E-state index contributed by atoms with van der Waals surface area (Å²) in [4.78, 5) is 42.1. The van der Waals surface area contributed by atoms with Crippen molar-refractivity contribution in [2.75, 3.05) is 18.2 Å². The van der Waals surface area contributed by atoms with Crippen molar-refractivity contribution in [3.05, 3.63) is 42.0 Å². The Morgan fingerprint density at radius 2 is 1.97 bits per heavy atom. The summed E-state index contributed by atoms with van der Waals surface area (Å²) in [6.07, 6.45) is 4.84. The van der Waals surface area contributed by atoms with E-state index in [1.165, 1.54) is 4.90 Å². The number of hydrogen-bond donors (Lipinski definition) is 0. The van der Waals surface area contributed by atoms with E-state index in [0.717, 1.165) is 42.1 Å². The summed E-state index contributed by atoms with van der Waals surface area (Å²) in [7, 11) is -1.25. The number of amides is 3. The normalized spacial score (nSPS) is 22.3. The van der Waals surface area contributed by atoms with Gasteiger partial charge in [-0.25, -0.2) is 0 Å². The fraction of sp³-hybridized carbons (Fsp3) is 0.542. The minimum absolute atomic E-state index is 0.00514. The van der Waals surface area contributed by atoms with Crippen molar-refractivity contribution in [1.29, 1.82) is 0 Å². The molecule has 0 N–H and O–H groups in total. The van der Waals surface area contributed by atoms with Crippen molar-refractivity contribution in [3.8, 4) is 0 Å². The molecular weight excluding hydrogens is 408 g/mol. The van der Waals surface area contributed by atoms with Gasteiger partial charge in [0.05, 0.1) is 5.41 Å². The summed E-state index contributed by atoms with van der Waals surface area (Å²) in [6.45, 7) is 11.1. The zero-order chi connectivity index (χ0) is 22.4. The largest absolute Gasteiger partial charge is 0.361 e. The van der Waals surface area contributed by atoms with Crippen molar-refractivity contribution in [2.45, 2.75) is 69.2 Å². The molecule has 1 saturated heterocycles. The van der Waals surface area contributed by atoms with E-state index in [-0.39, 0.29) is 30.9 Å². The molecule has 166 valence electrons. The second-order valence-corrected chi connectivity index (χ2v) is 15.8. The molecule has 1 aromatic carbocycles. The maximum absolute atomic E-state index is 13.4. The number of imide groups is 1. The zero-order valence-corrected chi connectivity index (χ0v) is 19.8. The van der Waals surface area contributed by atoms with Crippen LogP contribution in [0.15, 0.2) is 30.9 Å². The molecule has 0 aromatic heterocycles. The van der Waals surface area contributed by atoms with Gasteiger partial charge in [0.15, 0.2) is 0 Å². The average Bonchev–Trinajstić information content (AvgIpc) is 3.47. The van der Waals surface area contributed by atoms with Gasteiger partial charge in [-0.1, -0.05) is 37.8 Å². The predicted molar refractivity (Wildman–Crippen MR) is 123 cm³/mol. The smallest absolute Gasteiger partial charge is 0.254 e. The highest BCUT2D eigenvalue weighted by atomic mass is 28.3. The Morgan fingerprint density at radius 3 is 2.61 bits per heavy atom. The first-order valence-corrected chi connectivity index (χ1v) is 14.9.